The van der Waals surface area contributed by atoms with Crippen LogP contribution in [0.3, 0.4) is 0 Å². The highest BCUT2D eigenvalue weighted by Gasteiger charge is 2.31. The molecule has 2 atom stereocenters. The molecule has 1 aromatic heterocycles. The molecule has 2 fully saturated rings. The second kappa shape index (κ2) is 5.37. The maximum atomic E-state index is 10.8. The zero-order valence-corrected chi connectivity index (χ0v) is 11.2. The van der Waals surface area contributed by atoms with E-state index in [1.165, 1.54) is 38.4 Å². The number of aromatic carboxylic acids is 1. The van der Waals surface area contributed by atoms with Crippen LogP contribution in [0.25, 0.3) is 0 Å². The van der Waals surface area contributed by atoms with Crippen molar-refractivity contribution in [2.75, 3.05) is 13.1 Å². The standard InChI is InChI=1S/C15H21NO3/c17-15(18)13-7-14(19-10-13)9-16-6-5-11-3-1-2-4-12(11)8-16/h7,10-12H,1-6,8-9H2,(H,17,18). The Morgan fingerprint density at radius 1 is 1.32 bits per heavy atom. The molecule has 2 aliphatic rings. The number of carboxylic acid groups (broad SMARTS) is 1. The minimum atomic E-state index is -0.916. The Kier molecular flexibility index (Phi) is 3.60. The highest BCUT2D eigenvalue weighted by Crippen LogP contribution is 2.36. The Labute approximate surface area is 113 Å². The van der Waals surface area contributed by atoms with Crippen LogP contribution in [0.1, 0.15) is 48.2 Å². The van der Waals surface area contributed by atoms with Gasteiger partial charge in [0.25, 0.3) is 0 Å². The van der Waals surface area contributed by atoms with E-state index in [1.54, 1.807) is 6.07 Å². The average Bonchev–Trinajstić information content (AvgIpc) is 2.87. The van der Waals surface area contributed by atoms with Crippen LogP contribution in [0, 0.1) is 11.8 Å². The van der Waals surface area contributed by atoms with Crippen molar-refractivity contribution in [3.8, 4) is 0 Å². The van der Waals surface area contributed by atoms with Gasteiger partial charge in [-0.05, 0) is 37.3 Å². The molecule has 1 aliphatic carbocycles. The summed E-state index contributed by atoms with van der Waals surface area (Å²) in [7, 11) is 0. The smallest absolute Gasteiger partial charge is 0.338 e. The molecule has 2 heterocycles. The molecular formula is C15H21NO3. The summed E-state index contributed by atoms with van der Waals surface area (Å²) in [5.41, 5.74) is 0.252. The van der Waals surface area contributed by atoms with Crippen LogP contribution in [0.4, 0.5) is 0 Å². The van der Waals surface area contributed by atoms with Gasteiger partial charge < -0.3 is 9.52 Å². The maximum Gasteiger partial charge on any atom is 0.338 e. The molecule has 0 radical (unpaired) electrons. The number of carbonyl (C=O) groups is 1. The third-order valence-corrected chi connectivity index (χ3v) is 4.66. The van der Waals surface area contributed by atoms with Crippen LogP contribution in [-0.4, -0.2) is 29.1 Å². The van der Waals surface area contributed by atoms with Crippen LogP contribution in [-0.2, 0) is 6.54 Å². The summed E-state index contributed by atoms with van der Waals surface area (Å²) >= 11 is 0. The van der Waals surface area contributed by atoms with E-state index in [2.05, 4.69) is 4.90 Å². The summed E-state index contributed by atoms with van der Waals surface area (Å²) in [5, 5.41) is 8.88. The van der Waals surface area contributed by atoms with Gasteiger partial charge in [-0.3, -0.25) is 4.90 Å². The van der Waals surface area contributed by atoms with Crippen LogP contribution >= 0.6 is 0 Å². The first-order chi connectivity index (χ1) is 9.22. The van der Waals surface area contributed by atoms with E-state index in [0.29, 0.717) is 0 Å². The molecule has 1 N–H and O–H groups in total. The van der Waals surface area contributed by atoms with Crippen molar-refractivity contribution in [2.24, 2.45) is 11.8 Å². The fraction of sp³-hybridized carbons (Fsp3) is 0.667. The minimum absolute atomic E-state index is 0.252. The fourth-order valence-electron chi connectivity index (χ4n) is 3.62. The molecule has 0 amide bonds. The van der Waals surface area contributed by atoms with Crippen LogP contribution < -0.4 is 0 Å². The number of piperidine rings is 1. The van der Waals surface area contributed by atoms with Gasteiger partial charge in [0.15, 0.2) is 0 Å². The zero-order chi connectivity index (χ0) is 13.2. The summed E-state index contributed by atoms with van der Waals surface area (Å²) in [5.74, 6) is 1.63. The van der Waals surface area contributed by atoms with E-state index in [9.17, 15) is 4.79 Å². The van der Waals surface area contributed by atoms with Crippen LogP contribution in [0.15, 0.2) is 16.7 Å². The summed E-state index contributed by atoms with van der Waals surface area (Å²) in [6.07, 6.45) is 8.17. The van der Waals surface area contributed by atoms with Gasteiger partial charge in [-0.2, -0.15) is 0 Å². The number of nitrogens with zero attached hydrogens (tertiary/aromatic N) is 1. The average molecular weight is 263 g/mol. The van der Waals surface area contributed by atoms with E-state index in [-0.39, 0.29) is 5.56 Å². The largest absolute Gasteiger partial charge is 0.478 e. The van der Waals surface area contributed by atoms with Gasteiger partial charge in [0.05, 0.1) is 12.1 Å². The van der Waals surface area contributed by atoms with Gasteiger partial charge in [-0.1, -0.05) is 19.3 Å². The molecule has 3 rings (SSSR count). The molecule has 0 bridgehead atoms. The van der Waals surface area contributed by atoms with E-state index in [1.807, 2.05) is 0 Å². The second-order valence-electron chi connectivity index (χ2n) is 5.94. The number of rotatable bonds is 3. The third-order valence-electron chi connectivity index (χ3n) is 4.66. The van der Waals surface area contributed by atoms with E-state index in [0.717, 1.165) is 37.2 Å². The number of hydrogen-bond donors (Lipinski definition) is 1. The molecule has 1 aromatic rings. The van der Waals surface area contributed by atoms with E-state index in [4.69, 9.17) is 9.52 Å². The maximum absolute atomic E-state index is 10.8. The zero-order valence-electron chi connectivity index (χ0n) is 11.2. The summed E-state index contributed by atoms with van der Waals surface area (Å²) in [4.78, 5) is 13.2. The molecule has 1 saturated carbocycles. The Hall–Kier alpha value is -1.29. The highest BCUT2D eigenvalue weighted by atomic mass is 16.4. The molecule has 104 valence electrons. The van der Waals surface area contributed by atoms with E-state index >= 15 is 0 Å². The predicted octanol–water partition coefficient (Wildman–Crippen LogP) is 2.99. The van der Waals surface area contributed by atoms with Crippen molar-refractivity contribution in [1.29, 1.82) is 0 Å². The van der Waals surface area contributed by atoms with Crippen molar-refractivity contribution in [3.05, 3.63) is 23.7 Å². The SMILES string of the molecule is O=C(O)c1coc(CN2CCC3CCCCC3C2)c1. The van der Waals surface area contributed by atoms with Crippen molar-refractivity contribution in [2.45, 2.75) is 38.6 Å². The quantitative estimate of drug-likeness (QED) is 0.910. The van der Waals surface area contributed by atoms with Gasteiger partial charge in [-0.25, -0.2) is 4.79 Å². The first-order valence-electron chi connectivity index (χ1n) is 7.25. The molecule has 1 aliphatic heterocycles. The third kappa shape index (κ3) is 2.84. The number of likely N-dealkylation sites (tertiary alicyclic amines) is 1. The highest BCUT2D eigenvalue weighted by molar-refractivity contribution is 5.87. The normalized spacial score (nSPS) is 28.0. The number of fused-ring (bicyclic) bond motifs is 1. The predicted molar refractivity (Wildman–Crippen MR) is 71.0 cm³/mol. The van der Waals surface area contributed by atoms with Crippen molar-refractivity contribution in [3.63, 3.8) is 0 Å². The molecule has 2 unspecified atom stereocenters. The first-order valence-corrected chi connectivity index (χ1v) is 7.25. The number of carboxylic acids is 1. The lowest BCUT2D eigenvalue weighted by molar-refractivity contribution is 0.0696. The van der Waals surface area contributed by atoms with Gasteiger partial charge in [0, 0.05) is 6.54 Å². The molecule has 0 aromatic carbocycles. The summed E-state index contributed by atoms with van der Waals surface area (Å²) < 4.78 is 5.34. The minimum Gasteiger partial charge on any atom is -0.478 e. The number of furan rings is 1. The lowest BCUT2D eigenvalue weighted by Crippen LogP contribution is -2.41. The lowest BCUT2D eigenvalue weighted by atomic mass is 9.75. The summed E-state index contributed by atoms with van der Waals surface area (Å²) in [6, 6.07) is 1.65. The van der Waals surface area contributed by atoms with Crippen molar-refractivity contribution < 1.29 is 14.3 Å². The fourth-order valence-corrected chi connectivity index (χ4v) is 3.62. The second-order valence-corrected chi connectivity index (χ2v) is 5.94. The summed E-state index contributed by atoms with van der Waals surface area (Å²) in [6.45, 7) is 3.01. The molecule has 0 spiro atoms. The lowest BCUT2D eigenvalue weighted by Gasteiger charge is -2.41. The van der Waals surface area contributed by atoms with Gasteiger partial charge in [-0.15, -0.1) is 0 Å². The Bertz CT molecular complexity index is 454. The van der Waals surface area contributed by atoms with Crippen LogP contribution in [0.5, 0.6) is 0 Å². The van der Waals surface area contributed by atoms with Gasteiger partial charge >= 0.3 is 5.97 Å². The molecular weight excluding hydrogens is 242 g/mol. The van der Waals surface area contributed by atoms with Gasteiger partial charge in [0.2, 0.25) is 0 Å². The van der Waals surface area contributed by atoms with Crippen molar-refractivity contribution in [1.82, 2.24) is 4.90 Å². The molecule has 1 saturated heterocycles. The van der Waals surface area contributed by atoms with Crippen LogP contribution in [0.2, 0.25) is 0 Å². The molecule has 19 heavy (non-hydrogen) atoms. The Balaban J connectivity index is 1.59. The monoisotopic (exact) mass is 263 g/mol. The van der Waals surface area contributed by atoms with E-state index < -0.39 is 5.97 Å². The van der Waals surface area contributed by atoms with Crippen molar-refractivity contribution >= 4 is 5.97 Å². The topological polar surface area (TPSA) is 53.7 Å². The molecule has 4 heteroatoms. The Morgan fingerprint density at radius 2 is 2.11 bits per heavy atom. The Morgan fingerprint density at radius 3 is 2.84 bits per heavy atom. The number of hydrogen-bond acceptors (Lipinski definition) is 3. The van der Waals surface area contributed by atoms with Gasteiger partial charge in [0.1, 0.15) is 12.0 Å². The first kappa shape index (κ1) is 12.7. The molecule has 4 nitrogen and oxygen atoms in total.